The summed E-state index contributed by atoms with van der Waals surface area (Å²) in [5, 5.41) is 9.17. The third-order valence-corrected chi connectivity index (χ3v) is 5.04. The number of nitrogens with zero attached hydrogens (tertiary/aromatic N) is 2. The van der Waals surface area contributed by atoms with Gasteiger partial charge in [-0.25, -0.2) is 0 Å². The molecule has 2 aliphatic rings. The van der Waals surface area contributed by atoms with Crippen LogP contribution in [0.3, 0.4) is 0 Å². The van der Waals surface area contributed by atoms with Crippen molar-refractivity contribution in [2.45, 2.75) is 44.2 Å². The lowest BCUT2D eigenvalue weighted by molar-refractivity contribution is 0.121. The Labute approximate surface area is 97.0 Å². The van der Waals surface area contributed by atoms with E-state index in [0.29, 0.717) is 6.04 Å². The first-order valence-corrected chi connectivity index (χ1v) is 7.17. The molecule has 3 heteroatoms. The molecule has 2 rings (SSSR count). The average molecular weight is 224 g/mol. The highest BCUT2D eigenvalue weighted by atomic mass is 32.2. The fourth-order valence-electron chi connectivity index (χ4n) is 2.86. The molecule has 1 heterocycles. The number of hydrogen-bond donors (Lipinski definition) is 0. The highest BCUT2D eigenvalue weighted by Crippen LogP contribution is 2.31. The second kappa shape index (κ2) is 5.23. The summed E-state index contributed by atoms with van der Waals surface area (Å²) in [4.78, 5) is 2.51. The van der Waals surface area contributed by atoms with Gasteiger partial charge in [0.05, 0.1) is 12.0 Å². The van der Waals surface area contributed by atoms with Gasteiger partial charge in [0.25, 0.3) is 0 Å². The molecule has 0 aromatic carbocycles. The first-order valence-electron chi connectivity index (χ1n) is 6.02. The van der Waals surface area contributed by atoms with E-state index >= 15 is 0 Å². The minimum absolute atomic E-state index is 0.286. The number of thioether (sulfide) groups is 1. The maximum absolute atomic E-state index is 9.17. The van der Waals surface area contributed by atoms with E-state index < -0.39 is 0 Å². The molecule has 3 unspecified atom stereocenters. The molecule has 1 saturated carbocycles. The van der Waals surface area contributed by atoms with Crippen LogP contribution < -0.4 is 0 Å². The van der Waals surface area contributed by atoms with Gasteiger partial charge in [-0.05, 0) is 32.1 Å². The first-order chi connectivity index (χ1) is 7.33. The molecule has 1 aliphatic heterocycles. The van der Waals surface area contributed by atoms with Crippen LogP contribution >= 0.6 is 11.8 Å². The molecule has 15 heavy (non-hydrogen) atoms. The third kappa shape index (κ3) is 2.49. The van der Waals surface area contributed by atoms with Gasteiger partial charge < -0.3 is 0 Å². The normalized spacial score (nSPS) is 36.7. The summed E-state index contributed by atoms with van der Waals surface area (Å²) in [6.07, 6.45) is 6.23. The van der Waals surface area contributed by atoms with Crippen LogP contribution in [0.15, 0.2) is 0 Å². The zero-order valence-electron chi connectivity index (χ0n) is 9.48. The van der Waals surface area contributed by atoms with Gasteiger partial charge in [-0.1, -0.05) is 12.8 Å². The smallest absolute Gasteiger partial charge is 0.0672 e. The molecule has 1 saturated heterocycles. The Bertz CT molecular complexity index is 242. The molecule has 0 aromatic rings. The molecule has 2 fully saturated rings. The Morgan fingerprint density at radius 1 is 1.27 bits per heavy atom. The van der Waals surface area contributed by atoms with Crippen LogP contribution in [0, 0.1) is 17.2 Å². The lowest BCUT2D eigenvalue weighted by Gasteiger charge is -2.38. The van der Waals surface area contributed by atoms with Crippen molar-refractivity contribution in [1.82, 2.24) is 4.90 Å². The van der Waals surface area contributed by atoms with Crippen LogP contribution in [0.1, 0.15) is 32.1 Å². The maximum Gasteiger partial charge on any atom is 0.0672 e. The van der Waals surface area contributed by atoms with Crippen LogP contribution in [0.4, 0.5) is 0 Å². The molecule has 0 N–H and O–H groups in total. The molecule has 0 spiro atoms. The van der Waals surface area contributed by atoms with Crippen LogP contribution in [0.5, 0.6) is 0 Å². The quantitative estimate of drug-likeness (QED) is 0.721. The summed E-state index contributed by atoms with van der Waals surface area (Å²) < 4.78 is 0. The van der Waals surface area contributed by atoms with Gasteiger partial charge in [-0.3, -0.25) is 4.90 Å². The Hall–Kier alpha value is -0.200. The Kier molecular flexibility index (Phi) is 3.93. The van der Waals surface area contributed by atoms with Crippen molar-refractivity contribution < 1.29 is 0 Å². The van der Waals surface area contributed by atoms with Crippen molar-refractivity contribution in [3.8, 4) is 6.07 Å². The lowest BCUT2D eigenvalue weighted by Crippen LogP contribution is -2.45. The van der Waals surface area contributed by atoms with Gasteiger partial charge in [0.2, 0.25) is 0 Å². The summed E-state index contributed by atoms with van der Waals surface area (Å²) in [5.74, 6) is 2.86. The van der Waals surface area contributed by atoms with E-state index in [-0.39, 0.29) is 5.92 Å². The second-order valence-corrected chi connectivity index (χ2v) is 5.92. The number of hydrogen-bond acceptors (Lipinski definition) is 3. The molecule has 1 aliphatic carbocycles. The molecular weight excluding hydrogens is 204 g/mol. The minimum Gasteiger partial charge on any atom is -0.298 e. The topological polar surface area (TPSA) is 27.0 Å². The van der Waals surface area contributed by atoms with E-state index in [9.17, 15) is 5.26 Å². The standard InChI is InChI=1S/C12H20N2S/c1-14(11-6-7-15-9-11)12-5-3-2-4-10(12)8-13/h10-12H,2-7,9H2,1H3. The van der Waals surface area contributed by atoms with E-state index in [1.54, 1.807) is 0 Å². The van der Waals surface area contributed by atoms with E-state index in [1.807, 2.05) is 0 Å². The molecule has 0 aromatic heterocycles. The highest BCUT2D eigenvalue weighted by Gasteiger charge is 2.32. The zero-order chi connectivity index (χ0) is 10.7. The van der Waals surface area contributed by atoms with Gasteiger partial charge in [-0.15, -0.1) is 0 Å². The van der Waals surface area contributed by atoms with Crippen molar-refractivity contribution in [3.05, 3.63) is 0 Å². The first kappa shape index (κ1) is 11.3. The third-order valence-electron chi connectivity index (χ3n) is 3.90. The summed E-state index contributed by atoms with van der Waals surface area (Å²) >= 11 is 2.06. The fraction of sp³-hybridized carbons (Fsp3) is 0.917. The van der Waals surface area contributed by atoms with Crippen molar-refractivity contribution >= 4 is 11.8 Å². The van der Waals surface area contributed by atoms with Crippen molar-refractivity contribution in [3.63, 3.8) is 0 Å². The molecular formula is C12H20N2S. The molecule has 0 radical (unpaired) electrons. The average Bonchev–Trinajstić information content (AvgIpc) is 2.81. The number of nitriles is 1. The predicted molar refractivity (Wildman–Crippen MR) is 64.9 cm³/mol. The number of rotatable bonds is 2. The van der Waals surface area contributed by atoms with Gasteiger partial charge in [0.1, 0.15) is 0 Å². The lowest BCUT2D eigenvalue weighted by atomic mass is 9.84. The van der Waals surface area contributed by atoms with E-state index in [4.69, 9.17) is 0 Å². The van der Waals surface area contributed by atoms with Crippen LogP contribution in [0.25, 0.3) is 0 Å². The maximum atomic E-state index is 9.17. The summed E-state index contributed by atoms with van der Waals surface area (Å²) in [7, 11) is 2.23. The summed E-state index contributed by atoms with van der Waals surface area (Å²) in [5.41, 5.74) is 0. The SMILES string of the molecule is CN(C1CCSC1)C1CCCCC1C#N. The molecule has 0 amide bonds. The van der Waals surface area contributed by atoms with Gasteiger partial charge in [0.15, 0.2) is 0 Å². The molecule has 3 atom stereocenters. The van der Waals surface area contributed by atoms with Crippen molar-refractivity contribution in [1.29, 1.82) is 5.26 Å². The van der Waals surface area contributed by atoms with Gasteiger partial charge in [-0.2, -0.15) is 17.0 Å². The van der Waals surface area contributed by atoms with Crippen LogP contribution in [0.2, 0.25) is 0 Å². The van der Waals surface area contributed by atoms with E-state index in [0.717, 1.165) is 12.5 Å². The largest absolute Gasteiger partial charge is 0.298 e. The monoisotopic (exact) mass is 224 g/mol. The summed E-state index contributed by atoms with van der Waals surface area (Å²) in [6.45, 7) is 0. The molecule has 2 nitrogen and oxygen atoms in total. The Balaban J connectivity index is 1.97. The van der Waals surface area contributed by atoms with Crippen molar-refractivity contribution in [2.75, 3.05) is 18.6 Å². The zero-order valence-corrected chi connectivity index (χ0v) is 10.3. The predicted octanol–water partition coefficient (Wildman–Crippen LogP) is 2.51. The van der Waals surface area contributed by atoms with Gasteiger partial charge in [0, 0.05) is 17.8 Å². The highest BCUT2D eigenvalue weighted by molar-refractivity contribution is 7.99. The van der Waals surface area contributed by atoms with Crippen LogP contribution in [-0.2, 0) is 0 Å². The van der Waals surface area contributed by atoms with Crippen molar-refractivity contribution in [2.24, 2.45) is 5.92 Å². The second-order valence-electron chi connectivity index (χ2n) is 4.77. The van der Waals surface area contributed by atoms with Crippen LogP contribution in [-0.4, -0.2) is 35.5 Å². The van der Waals surface area contributed by atoms with E-state index in [1.165, 1.54) is 37.2 Å². The van der Waals surface area contributed by atoms with Gasteiger partial charge >= 0.3 is 0 Å². The Morgan fingerprint density at radius 2 is 2.07 bits per heavy atom. The fourth-order valence-corrected chi connectivity index (χ4v) is 4.14. The molecule has 84 valence electrons. The molecule has 0 bridgehead atoms. The minimum atomic E-state index is 0.286. The van der Waals surface area contributed by atoms with E-state index in [2.05, 4.69) is 29.8 Å². The Morgan fingerprint density at radius 3 is 2.73 bits per heavy atom. The summed E-state index contributed by atoms with van der Waals surface area (Å²) in [6, 6.07) is 3.78.